The van der Waals surface area contributed by atoms with Crippen LogP contribution < -0.4 is 5.32 Å². The van der Waals surface area contributed by atoms with Crippen molar-refractivity contribution in [2.45, 2.75) is 24.9 Å². The normalized spacial score (nSPS) is 15.6. The third-order valence-corrected chi connectivity index (χ3v) is 4.44. The molecule has 4 rings (SSSR count). The Morgan fingerprint density at radius 1 is 1.29 bits per heavy atom. The number of nitrogens with one attached hydrogen (secondary N) is 1. The smallest absolute Gasteiger partial charge is 0.178 e. The molecule has 0 aliphatic heterocycles. The molecule has 3 aromatic rings. The summed E-state index contributed by atoms with van der Waals surface area (Å²) in [6.07, 6.45) is 2.23. The molecular formula is C17H18ClN5O. The molecule has 6 nitrogen and oxygen atoms in total. The quantitative estimate of drug-likeness (QED) is 0.742. The van der Waals surface area contributed by atoms with Crippen molar-refractivity contribution in [2.75, 3.05) is 19.0 Å². The van der Waals surface area contributed by atoms with E-state index in [9.17, 15) is 0 Å². The van der Waals surface area contributed by atoms with Gasteiger partial charge < -0.3 is 10.1 Å². The number of benzene rings is 1. The molecule has 1 aliphatic carbocycles. The van der Waals surface area contributed by atoms with Crippen molar-refractivity contribution in [3.8, 4) is 0 Å². The first kappa shape index (κ1) is 15.4. The van der Waals surface area contributed by atoms with Crippen LogP contribution in [0.3, 0.4) is 0 Å². The van der Waals surface area contributed by atoms with E-state index < -0.39 is 0 Å². The van der Waals surface area contributed by atoms with E-state index in [0.717, 1.165) is 22.9 Å². The van der Waals surface area contributed by atoms with E-state index in [2.05, 4.69) is 20.6 Å². The summed E-state index contributed by atoms with van der Waals surface area (Å²) in [5, 5.41) is 17.1. The van der Waals surface area contributed by atoms with Gasteiger partial charge in [-0.15, -0.1) is 15.3 Å². The number of ether oxygens (including phenoxy) is 1. The van der Waals surface area contributed by atoms with Gasteiger partial charge in [0.2, 0.25) is 0 Å². The van der Waals surface area contributed by atoms with Crippen LogP contribution in [0.2, 0.25) is 5.02 Å². The average Bonchev–Trinajstić information content (AvgIpc) is 3.35. The summed E-state index contributed by atoms with van der Waals surface area (Å²) in [7, 11) is 1.69. The van der Waals surface area contributed by atoms with Crippen LogP contribution in [0.25, 0.3) is 5.65 Å². The fourth-order valence-electron chi connectivity index (χ4n) is 2.74. The first-order chi connectivity index (χ1) is 11.7. The molecule has 0 amide bonds. The summed E-state index contributed by atoms with van der Waals surface area (Å²) in [5.41, 5.74) is 1.81. The van der Waals surface area contributed by atoms with Gasteiger partial charge in [-0.1, -0.05) is 23.7 Å². The predicted molar refractivity (Wildman–Crippen MR) is 92.4 cm³/mol. The van der Waals surface area contributed by atoms with Crippen LogP contribution in [0.1, 0.15) is 36.3 Å². The number of methoxy groups -OCH3 is 1. The highest BCUT2D eigenvalue weighted by Gasteiger charge is 2.29. The van der Waals surface area contributed by atoms with Gasteiger partial charge in [-0.2, -0.15) is 4.52 Å². The van der Waals surface area contributed by atoms with Crippen molar-refractivity contribution in [3.63, 3.8) is 0 Å². The molecule has 0 spiro atoms. The van der Waals surface area contributed by atoms with Crippen LogP contribution >= 0.6 is 11.6 Å². The Bertz CT molecular complexity index is 861. The summed E-state index contributed by atoms with van der Waals surface area (Å²) in [5.74, 6) is 2.22. The largest absolute Gasteiger partial charge is 0.375 e. The average molecular weight is 344 g/mol. The molecule has 0 saturated heterocycles. The molecular weight excluding hydrogens is 326 g/mol. The van der Waals surface area contributed by atoms with Gasteiger partial charge in [-0.05, 0) is 42.7 Å². The Hall–Kier alpha value is -2.18. The molecule has 1 atom stereocenters. The van der Waals surface area contributed by atoms with Crippen molar-refractivity contribution in [2.24, 2.45) is 0 Å². The van der Waals surface area contributed by atoms with E-state index >= 15 is 0 Å². The predicted octanol–water partition coefficient (Wildman–Crippen LogP) is 3.45. The van der Waals surface area contributed by atoms with E-state index in [0.29, 0.717) is 17.5 Å². The minimum atomic E-state index is -0.106. The van der Waals surface area contributed by atoms with Gasteiger partial charge in [-0.25, -0.2) is 0 Å². The lowest BCUT2D eigenvalue weighted by Gasteiger charge is -2.17. The molecule has 1 aliphatic rings. The monoisotopic (exact) mass is 343 g/mol. The zero-order chi connectivity index (χ0) is 16.5. The topological polar surface area (TPSA) is 64.3 Å². The first-order valence-electron chi connectivity index (χ1n) is 7.99. The first-order valence-corrected chi connectivity index (χ1v) is 8.37. The van der Waals surface area contributed by atoms with Gasteiger partial charge in [0.1, 0.15) is 5.82 Å². The number of fused-ring (bicyclic) bond motifs is 1. The van der Waals surface area contributed by atoms with Crippen LogP contribution in [0.15, 0.2) is 36.4 Å². The molecule has 1 N–H and O–H groups in total. The fourth-order valence-corrected chi connectivity index (χ4v) is 2.94. The third kappa shape index (κ3) is 3.07. The number of aromatic nitrogens is 4. The highest BCUT2D eigenvalue weighted by Crippen LogP contribution is 2.38. The molecule has 1 fully saturated rings. The zero-order valence-corrected chi connectivity index (χ0v) is 14.1. The number of anilines is 1. The number of nitrogens with zero attached hydrogens (tertiary/aromatic N) is 4. The Kier molecular flexibility index (Phi) is 4.08. The van der Waals surface area contributed by atoms with Gasteiger partial charge in [-0.3, -0.25) is 0 Å². The van der Waals surface area contributed by atoms with Gasteiger partial charge >= 0.3 is 0 Å². The molecule has 1 saturated carbocycles. The number of hydrogen-bond donors (Lipinski definition) is 1. The fraction of sp³-hybridized carbons (Fsp3) is 0.353. The minimum absolute atomic E-state index is 0.106. The number of halogens is 1. The van der Waals surface area contributed by atoms with Crippen LogP contribution in [-0.2, 0) is 4.74 Å². The molecule has 2 heterocycles. The maximum absolute atomic E-state index is 6.06. The van der Waals surface area contributed by atoms with E-state index in [1.807, 2.05) is 40.9 Å². The van der Waals surface area contributed by atoms with Gasteiger partial charge in [0, 0.05) is 24.6 Å². The van der Waals surface area contributed by atoms with E-state index in [-0.39, 0.29) is 6.10 Å². The summed E-state index contributed by atoms with van der Waals surface area (Å²) >= 11 is 6.06. The number of hydrogen-bond acceptors (Lipinski definition) is 5. The van der Waals surface area contributed by atoms with Crippen LogP contribution in [0.5, 0.6) is 0 Å². The summed E-state index contributed by atoms with van der Waals surface area (Å²) in [6.45, 7) is 0.593. The summed E-state index contributed by atoms with van der Waals surface area (Å²) in [4.78, 5) is 0. The van der Waals surface area contributed by atoms with Crippen molar-refractivity contribution in [1.29, 1.82) is 0 Å². The minimum Gasteiger partial charge on any atom is -0.375 e. The highest BCUT2D eigenvalue weighted by molar-refractivity contribution is 6.30. The van der Waals surface area contributed by atoms with Crippen molar-refractivity contribution in [1.82, 2.24) is 19.8 Å². The summed E-state index contributed by atoms with van der Waals surface area (Å²) in [6, 6.07) is 11.5. The van der Waals surface area contributed by atoms with E-state index in [1.165, 1.54) is 12.8 Å². The Morgan fingerprint density at radius 2 is 2.17 bits per heavy atom. The molecule has 1 aromatic carbocycles. The molecule has 124 valence electrons. The van der Waals surface area contributed by atoms with Gasteiger partial charge in [0.15, 0.2) is 11.5 Å². The standard InChI is InChI=1S/C17H18ClN5O/c1-24-14(12-3-2-4-13(18)9-12)10-19-15-7-8-16-20-21-17(11-5-6-11)23(16)22-15/h2-4,7-9,11,14H,5-6,10H2,1H3,(H,19,22). The van der Waals surface area contributed by atoms with Crippen LogP contribution in [0, 0.1) is 0 Å². The third-order valence-electron chi connectivity index (χ3n) is 4.20. The SMILES string of the molecule is COC(CNc1ccc2nnc(C3CC3)n2n1)c1cccc(Cl)c1. The Morgan fingerprint density at radius 3 is 2.92 bits per heavy atom. The summed E-state index contributed by atoms with van der Waals surface area (Å²) < 4.78 is 7.41. The van der Waals surface area contributed by atoms with Crippen LogP contribution in [-0.4, -0.2) is 33.5 Å². The molecule has 0 bridgehead atoms. The molecule has 2 aromatic heterocycles. The van der Waals surface area contributed by atoms with Crippen LogP contribution in [0.4, 0.5) is 5.82 Å². The lowest BCUT2D eigenvalue weighted by molar-refractivity contribution is 0.114. The zero-order valence-electron chi connectivity index (χ0n) is 13.3. The molecule has 7 heteroatoms. The Labute approximate surface area is 144 Å². The highest BCUT2D eigenvalue weighted by atomic mass is 35.5. The second-order valence-corrected chi connectivity index (χ2v) is 6.42. The van der Waals surface area contributed by atoms with Crippen molar-refractivity contribution < 1.29 is 4.74 Å². The second-order valence-electron chi connectivity index (χ2n) is 5.98. The second kappa shape index (κ2) is 6.37. The Balaban J connectivity index is 1.52. The lowest BCUT2D eigenvalue weighted by atomic mass is 10.1. The molecule has 1 unspecified atom stereocenters. The lowest BCUT2D eigenvalue weighted by Crippen LogP contribution is -2.16. The maximum atomic E-state index is 6.06. The molecule has 0 radical (unpaired) electrons. The van der Waals surface area contributed by atoms with Gasteiger partial charge in [0.05, 0.1) is 6.10 Å². The number of rotatable bonds is 6. The maximum Gasteiger partial charge on any atom is 0.178 e. The van der Waals surface area contributed by atoms with E-state index in [1.54, 1.807) is 7.11 Å². The molecule has 24 heavy (non-hydrogen) atoms. The van der Waals surface area contributed by atoms with Crippen molar-refractivity contribution in [3.05, 3.63) is 52.8 Å². The van der Waals surface area contributed by atoms with E-state index in [4.69, 9.17) is 16.3 Å². The van der Waals surface area contributed by atoms with Gasteiger partial charge in [0.25, 0.3) is 0 Å². The van der Waals surface area contributed by atoms with Crippen molar-refractivity contribution >= 4 is 23.1 Å².